The Kier molecular flexibility index (Phi) is 1.63. The number of hydrogen-bond donors (Lipinski definition) is 1. The van der Waals surface area contributed by atoms with Crippen LogP contribution in [0.1, 0.15) is 24.1 Å². The molecule has 0 radical (unpaired) electrons. The second-order valence-electron chi connectivity index (χ2n) is 2.95. The van der Waals surface area contributed by atoms with E-state index in [9.17, 15) is 0 Å². The van der Waals surface area contributed by atoms with Crippen LogP contribution in [-0.2, 0) is 6.54 Å². The number of benzene rings is 1. The van der Waals surface area contributed by atoms with Gasteiger partial charge in [-0.1, -0.05) is 17.7 Å². The third-order valence-electron chi connectivity index (χ3n) is 2.17. The summed E-state index contributed by atoms with van der Waals surface area (Å²) in [7, 11) is 0. The minimum absolute atomic E-state index is 0.462. The van der Waals surface area contributed by atoms with E-state index in [1.54, 1.807) is 0 Å². The minimum atomic E-state index is 0.462. The van der Waals surface area contributed by atoms with Gasteiger partial charge in [0.2, 0.25) is 0 Å². The third kappa shape index (κ3) is 1.15. The van der Waals surface area contributed by atoms with Gasteiger partial charge in [-0.2, -0.15) is 0 Å². The highest BCUT2D eigenvalue weighted by Crippen LogP contribution is 2.27. The van der Waals surface area contributed by atoms with Crippen LogP contribution in [0.15, 0.2) is 18.2 Å². The Balaban J connectivity index is 2.52. The van der Waals surface area contributed by atoms with Crippen molar-refractivity contribution in [1.82, 2.24) is 5.32 Å². The van der Waals surface area contributed by atoms with Crippen LogP contribution in [0, 0.1) is 0 Å². The van der Waals surface area contributed by atoms with E-state index in [0.29, 0.717) is 6.04 Å². The van der Waals surface area contributed by atoms with E-state index in [2.05, 4.69) is 18.3 Å². The van der Waals surface area contributed by atoms with Gasteiger partial charge in [-0.25, -0.2) is 0 Å². The normalized spacial score (nSPS) is 21.8. The summed E-state index contributed by atoms with van der Waals surface area (Å²) in [6.45, 7) is 3.13. The van der Waals surface area contributed by atoms with Crippen molar-refractivity contribution in [3.8, 4) is 0 Å². The van der Waals surface area contributed by atoms with Crippen molar-refractivity contribution in [3.63, 3.8) is 0 Å². The molecule has 0 amide bonds. The van der Waals surface area contributed by atoms with Crippen LogP contribution in [-0.4, -0.2) is 0 Å². The molecule has 1 nitrogen and oxygen atoms in total. The standard InChI is InChI=1S/C9H10ClN/c1-6-9-4-8(10)3-2-7(9)5-11-6/h2-4,6,11H,5H2,1H3/t6-/m0/s1. The lowest BCUT2D eigenvalue weighted by Gasteiger charge is -2.03. The van der Waals surface area contributed by atoms with E-state index in [1.165, 1.54) is 11.1 Å². The molecule has 2 heteroatoms. The summed E-state index contributed by atoms with van der Waals surface area (Å²) in [6, 6.07) is 6.54. The van der Waals surface area contributed by atoms with E-state index in [0.717, 1.165) is 11.6 Å². The molecule has 0 spiro atoms. The molecule has 1 N–H and O–H groups in total. The molecule has 1 aliphatic rings. The van der Waals surface area contributed by atoms with Crippen LogP contribution < -0.4 is 5.32 Å². The van der Waals surface area contributed by atoms with Gasteiger partial charge in [0.15, 0.2) is 0 Å². The Morgan fingerprint density at radius 2 is 2.36 bits per heavy atom. The quantitative estimate of drug-likeness (QED) is 0.626. The average molecular weight is 168 g/mol. The summed E-state index contributed by atoms with van der Waals surface area (Å²) >= 11 is 5.86. The van der Waals surface area contributed by atoms with E-state index in [1.807, 2.05) is 12.1 Å². The number of hydrogen-bond acceptors (Lipinski definition) is 1. The molecule has 0 aliphatic carbocycles. The fraction of sp³-hybridized carbons (Fsp3) is 0.333. The first-order chi connectivity index (χ1) is 5.27. The lowest BCUT2D eigenvalue weighted by Crippen LogP contribution is -2.06. The van der Waals surface area contributed by atoms with Crippen LogP contribution in [0.25, 0.3) is 0 Å². The van der Waals surface area contributed by atoms with E-state index >= 15 is 0 Å². The molecule has 1 aromatic carbocycles. The van der Waals surface area contributed by atoms with Crippen LogP contribution in [0.4, 0.5) is 0 Å². The van der Waals surface area contributed by atoms with E-state index < -0.39 is 0 Å². The maximum Gasteiger partial charge on any atom is 0.0409 e. The second-order valence-corrected chi connectivity index (χ2v) is 3.38. The predicted molar refractivity (Wildman–Crippen MR) is 46.7 cm³/mol. The molecule has 0 saturated carbocycles. The van der Waals surface area contributed by atoms with Crippen molar-refractivity contribution in [3.05, 3.63) is 34.3 Å². The molecule has 0 bridgehead atoms. The SMILES string of the molecule is C[C@@H]1NCc2ccc(Cl)cc21. The Labute approximate surface area is 71.4 Å². The zero-order valence-corrected chi connectivity index (χ0v) is 7.15. The van der Waals surface area contributed by atoms with Gasteiger partial charge in [0.05, 0.1) is 0 Å². The summed E-state index contributed by atoms with van der Waals surface area (Å²) in [4.78, 5) is 0. The molecular weight excluding hydrogens is 158 g/mol. The van der Waals surface area contributed by atoms with Crippen molar-refractivity contribution in [2.75, 3.05) is 0 Å². The van der Waals surface area contributed by atoms with Gasteiger partial charge in [-0.05, 0) is 30.2 Å². The second kappa shape index (κ2) is 2.50. The highest BCUT2D eigenvalue weighted by molar-refractivity contribution is 6.30. The maximum absolute atomic E-state index is 5.86. The number of rotatable bonds is 0. The van der Waals surface area contributed by atoms with Gasteiger partial charge < -0.3 is 5.32 Å². The van der Waals surface area contributed by atoms with Gasteiger partial charge in [-0.3, -0.25) is 0 Å². The molecule has 1 aliphatic heterocycles. The van der Waals surface area contributed by atoms with Crippen molar-refractivity contribution in [2.45, 2.75) is 19.5 Å². The Morgan fingerprint density at radius 3 is 3.18 bits per heavy atom. The van der Waals surface area contributed by atoms with Crippen LogP contribution in [0.2, 0.25) is 5.02 Å². The topological polar surface area (TPSA) is 12.0 Å². The molecule has 0 unspecified atom stereocenters. The van der Waals surface area contributed by atoms with Crippen LogP contribution in [0.5, 0.6) is 0 Å². The molecule has 11 heavy (non-hydrogen) atoms. The average Bonchev–Trinajstić information content (AvgIpc) is 2.33. The Hall–Kier alpha value is -0.530. The first kappa shape index (κ1) is 7.14. The largest absolute Gasteiger partial charge is 0.306 e. The summed E-state index contributed by atoms with van der Waals surface area (Å²) in [5.41, 5.74) is 2.72. The molecule has 1 aromatic rings. The zero-order chi connectivity index (χ0) is 7.84. The van der Waals surface area contributed by atoms with Crippen molar-refractivity contribution in [2.24, 2.45) is 0 Å². The smallest absolute Gasteiger partial charge is 0.0409 e. The van der Waals surface area contributed by atoms with Gasteiger partial charge >= 0.3 is 0 Å². The molecule has 0 aromatic heterocycles. The monoisotopic (exact) mass is 167 g/mol. The lowest BCUT2D eigenvalue weighted by molar-refractivity contribution is 0.633. The van der Waals surface area contributed by atoms with Crippen molar-refractivity contribution < 1.29 is 0 Å². The molecule has 1 atom stereocenters. The van der Waals surface area contributed by atoms with Crippen LogP contribution >= 0.6 is 11.6 Å². The number of nitrogens with one attached hydrogen (secondary N) is 1. The van der Waals surface area contributed by atoms with Crippen LogP contribution in [0.3, 0.4) is 0 Å². The van der Waals surface area contributed by atoms with Crippen molar-refractivity contribution in [1.29, 1.82) is 0 Å². The first-order valence-corrected chi connectivity index (χ1v) is 4.17. The fourth-order valence-corrected chi connectivity index (χ4v) is 1.68. The summed E-state index contributed by atoms with van der Waals surface area (Å²) < 4.78 is 0. The van der Waals surface area contributed by atoms with E-state index in [4.69, 9.17) is 11.6 Å². The van der Waals surface area contributed by atoms with Crippen molar-refractivity contribution >= 4 is 11.6 Å². The fourth-order valence-electron chi connectivity index (χ4n) is 1.50. The molecule has 58 valence electrons. The van der Waals surface area contributed by atoms with E-state index in [-0.39, 0.29) is 0 Å². The zero-order valence-electron chi connectivity index (χ0n) is 6.39. The molecule has 0 fully saturated rings. The molecule has 1 heterocycles. The molecular formula is C9H10ClN. The number of fused-ring (bicyclic) bond motifs is 1. The maximum atomic E-state index is 5.86. The van der Waals surface area contributed by atoms with Gasteiger partial charge in [-0.15, -0.1) is 0 Å². The molecule has 0 saturated heterocycles. The molecule has 2 rings (SSSR count). The van der Waals surface area contributed by atoms with Gasteiger partial charge in [0.25, 0.3) is 0 Å². The summed E-state index contributed by atoms with van der Waals surface area (Å²) in [6.07, 6.45) is 0. The van der Waals surface area contributed by atoms with Gasteiger partial charge in [0, 0.05) is 17.6 Å². The van der Waals surface area contributed by atoms with Gasteiger partial charge in [0.1, 0.15) is 0 Å². The summed E-state index contributed by atoms with van der Waals surface area (Å²) in [5.74, 6) is 0. The predicted octanol–water partition coefficient (Wildman–Crippen LogP) is 2.50. The Bertz CT molecular complexity index is 283. The third-order valence-corrected chi connectivity index (χ3v) is 2.41. The highest BCUT2D eigenvalue weighted by Gasteiger charge is 2.16. The first-order valence-electron chi connectivity index (χ1n) is 3.79. The summed E-state index contributed by atoms with van der Waals surface area (Å²) in [5, 5.41) is 4.19. The minimum Gasteiger partial charge on any atom is -0.306 e. The number of halogens is 1. The lowest BCUT2D eigenvalue weighted by atomic mass is 10.1. The highest BCUT2D eigenvalue weighted by atomic mass is 35.5. The Morgan fingerprint density at radius 1 is 1.55 bits per heavy atom.